The third-order valence-corrected chi connectivity index (χ3v) is 11.4. The Morgan fingerprint density at radius 2 is 1.63 bits per heavy atom. The van der Waals surface area contributed by atoms with Crippen molar-refractivity contribution in [3.63, 3.8) is 0 Å². The molecule has 4 N–H and O–H groups in total. The summed E-state index contributed by atoms with van der Waals surface area (Å²) in [6.45, 7) is 2.02. The summed E-state index contributed by atoms with van der Waals surface area (Å²) in [4.78, 5) is 57.3. The van der Waals surface area contributed by atoms with E-state index in [1.807, 2.05) is 24.3 Å². The first kappa shape index (κ1) is 42.1. The van der Waals surface area contributed by atoms with E-state index in [1.165, 1.54) is 4.90 Å². The quantitative estimate of drug-likeness (QED) is 0.148. The zero-order chi connectivity index (χ0) is 40.4. The van der Waals surface area contributed by atoms with Crippen molar-refractivity contribution < 1.29 is 41.8 Å². The van der Waals surface area contributed by atoms with E-state index in [1.54, 1.807) is 54.6 Å². The number of likely N-dealkylation sites (tertiary alicyclic amines) is 1. The average Bonchev–Trinajstić information content (AvgIpc) is 3.65. The molecule has 0 saturated carbocycles. The molecule has 6 rings (SSSR count). The zero-order valence-corrected chi connectivity index (χ0v) is 33.4. The van der Waals surface area contributed by atoms with Crippen molar-refractivity contribution in [3.8, 4) is 11.5 Å². The molecule has 1 unspecified atom stereocenters. The Morgan fingerprint density at radius 1 is 0.930 bits per heavy atom. The molecule has 16 heteroatoms. The number of para-hydroxylation sites is 2. The molecule has 3 aromatic rings. The van der Waals surface area contributed by atoms with Crippen LogP contribution in [0.25, 0.3) is 0 Å². The molecule has 2 saturated heterocycles. The van der Waals surface area contributed by atoms with Gasteiger partial charge in [-0.15, -0.1) is 0 Å². The number of rotatable bonds is 17. The van der Waals surface area contributed by atoms with Crippen LogP contribution in [0.15, 0.2) is 78.9 Å². The highest BCUT2D eigenvalue weighted by molar-refractivity contribution is 7.88. The second-order valence-electron chi connectivity index (χ2n) is 14.8. The Morgan fingerprint density at radius 3 is 2.35 bits per heavy atom. The highest BCUT2D eigenvalue weighted by Gasteiger charge is 2.44. The van der Waals surface area contributed by atoms with Gasteiger partial charge in [0, 0.05) is 24.4 Å². The van der Waals surface area contributed by atoms with Crippen LogP contribution < -0.4 is 30.1 Å². The fraction of sp³-hybridized carbons (Fsp3) is 0.463. The molecule has 2 fully saturated rings. The molecule has 3 aromatic carbocycles. The van der Waals surface area contributed by atoms with Gasteiger partial charge in [-0.2, -0.15) is 0 Å². The van der Waals surface area contributed by atoms with Crippen molar-refractivity contribution in [2.24, 2.45) is 5.92 Å². The molecule has 14 nitrogen and oxygen atoms in total. The SMILES string of the molecule is CS(=O)(=O)N[C@H](CCC1CCNCC1)C(=O)N1C[C@H](OCc2ccc(Cl)cc2)C[C@H]1C(=O)N[C@@H](Cc1ccccc1)C(=O)C(=O)NCC1COc2ccccc2O1. The number of amides is 3. The first-order valence-electron chi connectivity index (χ1n) is 19.3. The van der Waals surface area contributed by atoms with Gasteiger partial charge in [-0.25, -0.2) is 13.1 Å². The fourth-order valence-corrected chi connectivity index (χ4v) is 8.27. The largest absolute Gasteiger partial charge is 0.486 e. The molecule has 0 spiro atoms. The zero-order valence-electron chi connectivity index (χ0n) is 31.9. The van der Waals surface area contributed by atoms with Crippen molar-refractivity contribution in [3.05, 3.63) is 95.0 Å². The number of benzene rings is 3. The Balaban J connectivity index is 1.19. The van der Waals surface area contributed by atoms with E-state index in [0.29, 0.717) is 34.4 Å². The molecule has 3 heterocycles. The van der Waals surface area contributed by atoms with E-state index >= 15 is 0 Å². The third kappa shape index (κ3) is 12.2. The summed E-state index contributed by atoms with van der Waals surface area (Å²) in [5.41, 5.74) is 1.53. The number of carbonyl (C=O) groups is 4. The number of ether oxygens (including phenoxy) is 3. The van der Waals surface area contributed by atoms with Gasteiger partial charge in [-0.05, 0) is 80.1 Å². The van der Waals surface area contributed by atoms with Crippen LogP contribution in [-0.4, -0.2) is 106 Å². The van der Waals surface area contributed by atoms with Gasteiger partial charge in [-0.3, -0.25) is 19.2 Å². The van der Waals surface area contributed by atoms with E-state index in [9.17, 15) is 27.6 Å². The maximum absolute atomic E-state index is 14.4. The van der Waals surface area contributed by atoms with E-state index in [0.717, 1.165) is 37.8 Å². The molecule has 5 atom stereocenters. The molecule has 57 heavy (non-hydrogen) atoms. The lowest BCUT2D eigenvalue weighted by atomic mass is 9.91. The number of nitrogens with zero attached hydrogens (tertiary/aromatic N) is 1. The predicted octanol–water partition coefficient (Wildman–Crippen LogP) is 2.78. The molecular weight excluding hydrogens is 774 g/mol. The summed E-state index contributed by atoms with van der Waals surface area (Å²) in [7, 11) is -3.81. The normalized spacial score (nSPS) is 20.7. The third-order valence-electron chi connectivity index (χ3n) is 10.4. The molecule has 306 valence electrons. The van der Waals surface area contributed by atoms with E-state index in [-0.39, 0.29) is 45.6 Å². The number of carbonyl (C=O) groups excluding carboxylic acids is 4. The number of fused-ring (bicyclic) bond motifs is 1. The van der Waals surface area contributed by atoms with E-state index < -0.39 is 63.9 Å². The minimum Gasteiger partial charge on any atom is -0.486 e. The van der Waals surface area contributed by atoms with Crippen molar-refractivity contribution in [1.82, 2.24) is 25.6 Å². The summed E-state index contributed by atoms with van der Waals surface area (Å²) in [5, 5.41) is 9.30. The van der Waals surface area contributed by atoms with E-state index in [4.69, 9.17) is 25.8 Å². The number of hydrogen-bond donors (Lipinski definition) is 4. The van der Waals surface area contributed by atoms with E-state index in [2.05, 4.69) is 20.7 Å². The summed E-state index contributed by atoms with van der Waals surface area (Å²) >= 11 is 6.06. The molecule has 3 aliphatic rings. The van der Waals surface area contributed by atoms with Crippen LogP contribution in [0.4, 0.5) is 0 Å². The minimum absolute atomic E-state index is 0.000907. The highest BCUT2D eigenvalue weighted by Crippen LogP contribution is 2.31. The van der Waals surface area contributed by atoms with Gasteiger partial charge in [0.25, 0.3) is 5.91 Å². The topological polar surface area (TPSA) is 181 Å². The standard InChI is InChI=1S/C41H50ClN5O9S/c1-57(52,53)46-33(16-13-27-17-19-43-20-18-27)41(51)47-24-31(54-25-29-11-14-30(42)15-12-29)22-35(47)39(49)45-34(21-28-7-3-2-4-8-28)38(48)40(50)44-23-32-26-55-36-9-5-6-10-37(36)56-32/h2-12,14-15,27,31-35,43,46H,13,16-26H2,1H3,(H,44,50)(H,45,49)/t31-,32?,33-,34+,35+/m1/s1. The second kappa shape index (κ2) is 19.7. The smallest absolute Gasteiger partial charge is 0.289 e. The van der Waals surface area contributed by atoms with Crippen molar-refractivity contribution >= 4 is 45.1 Å². The van der Waals surface area contributed by atoms with Crippen LogP contribution in [0.2, 0.25) is 5.02 Å². The van der Waals surface area contributed by atoms with Gasteiger partial charge in [-0.1, -0.05) is 66.2 Å². The number of hydrogen-bond acceptors (Lipinski definition) is 10. The Labute approximate surface area is 338 Å². The van der Waals surface area contributed by atoms with Crippen LogP contribution in [0.5, 0.6) is 11.5 Å². The number of nitrogens with one attached hydrogen (secondary N) is 4. The second-order valence-corrected chi connectivity index (χ2v) is 17.1. The highest BCUT2D eigenvalue weighted by atomic mass is 35.5. The van der Waals surface area contributed by atoms with Crippen molar-refractivity contribution in [2.75, 3.05) is 39.0 Å². The number of Topliss-reactive ketones (excluding diaryl/α,β-unsaturated/α-hetero) is 1. The number of piperidine rings is 1. The number of halogens is 1. The van der Waals surface area contributed by atoms with Gasteiger partial charge in [0.15, 0.2) is 11.5 Å². The lowest BCUT2D eigenvalue weighted by Crippen LogP contribution is -2.57. The van der Waals surface area contributed by atoms with Crippen molar-refractivity contribution in [2.45, 2.75) is 75.5 Å². The predicted molar refractivity (Wildman–Crippen MR) is 213 cm³/mol. The molecule has 0 aromatic heterocycles. The molecule has 0 aliphatic carbocycles. The van der Waals surface area contributed by atoms with Crippen LogP contribution in [-0.2, 0) is 47.0 Å². The number of ketones is 1. The molecular formula is C41H50ClN5O9S. The molecule has 3 aliphatic heterocycles. The van der Waals surface area contributed by atoms with Gasteiger partial charge in [0.1, 0.15) is 30.8 Å². The van der Waals surface area contributed by atoms with Crippen molar-refractivity contribution in [1.29, 1.82) is 0 Å². The Hall–Kier alpha value is -4.54. The summed E-state index contributed by atoms with van der Waals surface area (Å²) < 4.78 is 45.5. The van der Waals surface area contributed by atoms with Crippen LogP contribution in [0, 0.1) is 5.92 Å². The maximum atomic E-state index is 14.4. The summed E-state index contributed by atoms with van der Waals surface area (Å²) in [5.74, 6) is -1.60. The lowest BCUT2D eigenvalue weighted by Gasteiger charge is -2.30. The van der Waals surface area contributed by atoms with Gasteiger partial charge < -0.3 is 35.1 Å². The van der Waals surface area contributed by atoms with Gasteiger partial charge in [0.05, 0.1) is 25.5 Å². The van der Waals surface area contributed by atoms with Gasteiger partial charge >= 0.3 is 0 Å². The lowest BCUT2D eigenvalue weighted by molar-refractivity contribution is -0.142. The van der Waals surface area contributed by atoms with Gasteiger partial charge in [0.2, 0.25) is 27.6 Å². The maximum Gasteiger partial charge on any atom is 0.289 e. The average molecular weight is 824 g/mol. The Kier molecular flexibility index (Phi) is 14.6. The fourth-order valence-electron chi connectivity index (χ4n) is 7.41. The monoisotopic (exact) mass is 823 g/mol. The summed E-state index contributed by atoms with van der Waals surface area (Å²) in [6, 6.07) is 19.7. The van der Waals surface area contributed by atoms with Crippen LogP contribution in [0.3, 0.4) is 0 Å². The van der Waals surface area contributed by atoms with Crippen LogP contribution in [0.1, 0.15) is 43.2 Å². The first-order chi connectivity index (χ1) is 27.4. The molecule has 3 amide bonds. The van der Waals surface area contributed by atoms with Crippen LogP contribution >= 0.6 is 11.6 Å². The molecule has 0 bridgehead atoms. The molecule has 0 radical (unpaired) electrons. The summed E-state index contributed by atoms with van der Waals surface area (Å²) in [6.07, 6.45) is 2.61. The minimum atomic E-state index is -3.81. The Bertz CT molecular complexity index is 1960. The first-order valence-corrected chi connectivity index (χ1v) is 21.6. The number of sulfonamides is 1.